The van der Waals surface area contributed by atoms with Crippen molar-refractivity contribution in [3.63, 3.8) is 0 Å². The maximum absolute atomic E-state index is 12.3. The number of carboxylic acids is 1. The van der Waals surface area contributed by atoms with Crippen molar-refractivity contribution in [1.29, 1.82) is 0 Å². The molecule has 0 aromatic rings. The molecule has 1 saturated carbocycles. The Morgan fingerprint density at radius 1 is 1.33 bits per heavy atom. The average Bonchev–Trinajstić information content (AvgIpc) is 2.85. The second-order valence-corrected chi connectivity index (χ2v) is 5.90. The molecular formula is C13H22N2O3. The first-order chi connectivity index (χ1) is 8.43. The second kappa shape index (κ2) is 4.88. The van der Waals surface area contributed by atoms with Crippen LogP contribution in [0.25, 0.3) is 0 Å². The third-order valence-electron chi connectivity index (χ3n) is 4.43. The van der Waals surface area contributed by atoms with Crippen LogP contribution in [0, 0.1) is 17.8 Å². The molecule has 1 amide bonds. The van der Waals surface area contributed by atoms with Crippen LogP contribution in [0.5, 0.6) is 0 Å². The van der Waals surface area contributed by atoms with Gasteiger partial charge in [0.15, 0.2) is 0 Å². The summed E-state index contributed by atoms with van der Waals surface area (Å²) in [7, 11) is 0. The molecule has 1 saturated heterocycles. The van der Waals surface area contributed by atoms with Crippen LogP contribution in [0.1, 0.15) is 33.1 Å². The summed E-state index contributed by atoms with van der Waals surface area (Å²) in [5.41, 5.74) is 5.87. The largest absolute Gasteiger partial charge is 0.480 e. The lowest BCUT2D eigenvalue weighted by Crippen LogP contribution is -2.51. The normalized spacial score (nSPS) is 32.7. The number of nitrogens with two attached hydrogens (primary N) is 1. The predicted octanol–water partition coefficient (Wildman–Crippen LogP) is 0.681. The van der Waals surface area contributed by atoms with Gasteiger partial charge in [-0.1, -0.05) is 20.3 Å². The maximum atomic E-state index is 12.3. The minimum Gasteiger partial charge on any atom is -0.480 e. The molecule has 0 radical (unpaired) electrons. The van der Waals surface area contributed by atoms with E-state index in [1.54, 1.807) is 0 Å². The van der Waals surface area contributed by atoms with Crippen LogP contribution >= 0.6 is 0 Å². The van der Waals surface area contributed by atoms with Gasteiger partial charge in [0, 0.05) is 6.54 Å². The van der Waals surface area contributed by atoms with Gasteiger partial charge in [-0.2, -0.15) is 0 Å². The molecule has 18 heavy (non-hydrogen) atoms. The number of carboxylic acid groups (broad SMARTS) is 1. The number of aliphatic carboxylic acids is 1. The van der Waals surface area contributed by atoms with Crippen LogP contribution in [0.4, 0.5) is 0 Å². The minimum atomic E-state index is -0.881. The SMILES string of the molecule is CC(C)[C@H](N)C(=O)N1CC2CCCC2C1C(=O)O. The van der Waals surface area contributed by atoms with Gasteiger partial charge in [-0.05, 0) is 30.6 Å². The molecule has 1 aliphatic carbocycles. The Morgan fingerprint density at radius 3 is 2.56 bits per heavy atom. The number of carbonyl (C=O) groups excluding carboxylic acids is 1. The molecule has 5 heteroatoms. The summed E-state index contributed by atoms with van der Waals surface area (Å²) < 4.78 is 0. The predicted molar refractivity (Wildman–Crippen MR) is 66.8 cm³/mol. The van der Waals surface area contributed by atoms with Crippen molar-refractivity contribution >= 4 is 11.9 Å². The quantitative estimate of drug-likeness (QED) is 0.776. The van der Waals surface area contributed by atoms with E-state index >= 15 is 0 Å². The Kier molecular flexibility index (Phi) is 3.61. The number of carbonyl (C=O) groups is 2. The molecule has 0 aromatic heterocycles. The first-order valence-corrected chi connectivity index (χ1v) is 6.72. The molecule has 1 heterocycles. The topological polar surface area (TPSA) is 83.6 Å². The first-order valence-electron chi connectivity index (χ1n) is 6.72. The van der Waals surface area contributed by atoms with Crippen LogP contribution in [0.15, 0.2) is 0 Å². The highest BCUT2D eigenvalue weighted by Crippen LogP contribution is 2.42. The van der Waals surface area contributed by atoms with Crippen molar-refractivity contribution in [2.45, 2.75) is 45.2 Å². The lowest BCUT2D eigenvalue weighted by Gasteiger charge is -2.28. The molecule has 5 nitrogen and oxygen atoms in total. The van der Waals surface area contributed by atoms with E-state index < -0.39 is 18.1 Å². The molecule has 2 fully saturated rings. The molecule has 1 aliphatic heterocycles. The third kappa shape index (κ3) is 2.11. The zero-order valence-corrected chi connectivity index (χ0v) is 11.0. The first kappa shape index (κ1) is 13.3. The van der Waals surface area contributed by atoms with E-state index in [1.165, 1.54) is 4.90 Å². The summed E-state index contributed by atoms with van der Waals surface area (Å²) in [5, 5.41) is 9.37. The molecule has 4 atom stereocenters. The molecule has 0 spiro atoms. The maximum Gasteiger partial charge on any atom is 0.326 e. The van der Waals surface area contributed by atoms with Crippen molar-refractivity contribution in [3.05, 3.63) is 0 Å². The fraction of sp³-hybridized carbons (Fsp3) is 0.846. The Labute approximate surface area is 107 Å². The van der Waals surface area contributed by atoms with E-state index in [0.717, 1.165) is 19.3 Å². The smallest absolute Gasteiger partial charge is 0.326 e. The van der Waals surface area contributed by atoms with E-state index in [9.17, 15) is 14.7 Å². The summed E-state index contributed by atoms with van der Waals surface area (Å²) >= 11 is 0. The highest BCUT2D eigenvalue weighted by molar-refractivity contribution is 5.88. The van der Waals surface area contributed by atoms with Crippen molar-refractivity contribution < 1.29 is 14.7 Å². The fourth-order valence-electron chi connectivity index (χ4n) is 3.33. The lowest BCUT2D eigenvalue weighted by molar-refractivity contribution is -0.150. The summed E-state index contributed by atoms with van der Waals surface area (Å²) in [6, 6.07) is -1.25. The Balaban J connectivity index is 2.17. The second-order valence-electron chi connectivity index (χ2n) is 5.90. The van der Waals surface area contributed by atoms with Crippen LogP contribution in [0.3, 0.4) is 0 Å². The van der Waals surface area contributed by atoms with Crippen LogP contribution in [-0.4, -0.2) is 40.5 Å². The molecule has 2 rings (SSSR count). The van der Waals surface area contributed by atoms with Crippen LogP contribution in [0.2, 0.25) is 0 Å². The van der Waals surface area contributed by atoms with Gasteiger partial charge in [-0.15, -0.1) is 0 Å². The van der Waals surface area contributed by atoms with Gasteiger partial charge in [-0.3, -0.25) is 4.79 Å². The van der Waals surface area contributed by atoms with Gasteiger partial charge in [0.25, 0.3) is 0 Å². The summed E-state index contributed by atoms with van der Waals surface area (Å²) in [5.74, 6) is -0.562. The molecule has 3 unspecified atom stereocenters. The van der Waals surface area contributed by atoms with Gasteiger partial charge < -0.3 is 15.7 Å². The van der Waals surface area contributed by atoms with Crippen LogP contribution in [-0.2, 0) is 9.59 Å². The number of likely N-dealkylation sites (tertiary alicyclic amines) is 1. The molecule has 2 aliphatic rings. The van der Waals surface area contributed by atoms with Gasteiger partial charge in [0.1, 0.15) is 6.04 Å². The summed E-state index contributed by atoms with van der Waals surface area (Å²) in [6.07, 6.45) is 3.04. The lowest BCUT2D eigenvalue weighted by atomic mass is 9.94. The molecule has 3 N–H and O–H groups in total. The van der Waals surface area contributed by atoms with E-state index in [1.807, 2.05) is 13.8 Å². The van der Waals surface area contributed by atoms with Crippen molar-refractivity contribution in [3.8, 4) is 0 Å². The van der Waals surface area contributed by atoms with E-state index in [2.05, 4.69) is 0 Å². The Morgan fingerprint density at radius 2 is 2.00 bits per heavy atom. The van der Waals surface area contributed by atoms with Gasteiger partial charge in [0.05, 0.1) is 6.04 Å². The van der Waals surface area contributed by atoms with E-state index in [-0.39, 0.29) is 17.7 Å². The van der Waals surface area contributed by atoms with Crippen LogP contribution < -0.4 is 5.73 Å². The van der Waals surface area contributed by atoms with E-state index in [0.29, 0.717) is 12.5 Å². The van der Waals surface area contributed by atoms with Gasteiger partial charge in [0.2, 0.25) is 5.91 Å². The van der Waals surface area contributed by atoms with E-state index in [4.69, 9.17) is 5.73 Å². The monoisotopic (exact) mass is 254 g/mol. The fourth-order valence-corrected chi connectivity index (χ4v) is 3.33. The number of hydrogen-bond donors (Lipinski definition) is 2. The third-order valence-corrected chi connectivity index (χ3v) is 4.43. The number of fused-ring (bicyclic) bond motifs is 1. The Hall–Kier alpha value is -1.10. The molecular weight excluding hydrogens is 232 g/mol. The average molecular weight is 254 g/mol. The van der Waals surface area contributed by atoms with Gasteiger partial charge >= 0.3 is 5.97 Å². The molecule has 102 valence electrons. The van der Waals surface area contributed by atoms with Gasteiger partial charge in [-0.25, -0.2) is 4.79 Å². The zero-order valence-electron chi connectivity index (χ0n) is 11.0. The zero-order chi connectivity index (χ0) is 13.4. The van der Waals surface area contributed by atoms with Crippen molar-refractivity contribution in [2.24, 2.45) is 23.5 Å². The molecule has 0 bridgehead atoms. The van der Waals surface area contributed by atoms with Crippen molar-refractivity contribution in [2.75, 3.05) is 6.54 Å². The number of rotatable bonds is 3. The number of amides is 1. The van der Waals surface area contributed by atoms with Crippen molar-refractivity contribution in [1.82, 2.24) is 4.90 Å². The number of hydrogen-bond acceptors (Lipinski definition) is 3. The highest BCUT2D eigenvalue weighted by atomic mass is 16.4. The minimum absolute atomic E-state index is 0.0346. The summed E-state index contributed by atoms with van der Waals surface area (Å²) in [6.45, 7) is 4.34. The number of nitrogens with zero attached hydrogens (tertiary/aromatic N) is 1. The molecule has 0 aromatic carbocycles. The standard InChI is InChI=1S/C13H22N2O3/c1-7(2)10(14)12(16)15-6-8-4-3-5-9(8)11(15)13(17)18/h7-11H,3-6,14H2,1-2H3,(H,17,18)/t8?,9?,10-,11?/m0/s1. The summed E-state index contributed by atoms with van der Waals surface area (Å²) in [4.78, 5) is 25.2. The Bertz CT molecular complexity index is 356. The highest BCUT2D eigenvalue weighted by Gasteiger charge is 2.50.